The smallest absolute Gasteiger partial charge is 0.0836 e. The van der Waals surface area contributed by atoms with Gasteiger partial charge in [0, 0.05) is 31.4 Å². The number of hydrogen-bond acceptors (Lipinski definition) is 6. The lowest BCUT2D eigenvalue weighted by molar-refractivity contribution is -0.0251. The van der Waals surface area contributed by atoms with Crippen LogP contribution in [-0.4, -0.2) is 80.3 Å². The topological polar surface area (TPSA) is 27.7 Å². The molecule has 0 amide bonds. The minimum Gasteiger partial charge on any atom is -0.374 e. The van der Waals surface area contributed by atoms with Crippen LogP contribution in [0.1, 0.15) is 13.3 Å². The number of nitrogens with one attached hydrogen (secondary N) is 1. The zero-order valence-corrected chi connectivity index (χ0v) is 14.2. The number of rotatable bonds is 9. The first-order valence-corrected chi connectivity index (χ1v) is 8.82. The van der Waals surface area contributed by atoms with Gasteiger partial charge in [-0.2, -0.15) is 12.6 Å². The van der Waals surface area contributed by atoms with E-state index in [9.17, 15) is 0 Å². The molecule has 1 aliphatic rings. The van der Waals surface area contributed by atoms with Crippen molar-refractivity contribution in [3.8, 4) is 0 Å². The van der Waals surface area contributed by atoms with Gasteiger partial charge in [-0.25, -0.2) is 0 Å². The lowest BCUT2D eigenvalue weighted by atomic mass is 10.2. The van der Waals surface area contributed by atoms with E-state index in [0.717, 1.165) is 39.3 Å². The fourth-order valence-corrected chi connectivity index (χ4v) is 3.02. The van der Waals surface area contributed by atoms with Gasteiger partial charge in [0.15, 0.2) is 0 Å². The van der Waals surface area contributed by atoms with Crippen LogP contribution in [0.25, 0.3) is 0 Å². The van der Waals surface area contributed by atoms with E-state index in [0.29, 0.717) is 11.4 Å². The molecule has 6 heteroatoms. The van der Waals surface area contributed by atoms with Crippen LogP contribution in [0.3, 0.4) is 0 Å². The molecule has 1 fully saturated rings. The van der Waals surface area contributed by atoms with Crippen LogP contribution in [-0.2, 0) is 4.74 Å². The van der Waals surface area contributed by atoms with Crippen LogP contribution in [0, 0.1) is 0 Å². The number of ether oxygens (including phenoxy) is 1. The molecule has 2 atom stereocenters. The van der Waals surface area contributed by atoms with Crippen molar-refractivity contribution in [1.29, 1.82) is 0 Å². The average Bonchev–Trinajstić information content (AvgIpc) is 2.36. The van der Waals surface area contributed by atoms with Crippen molar-refractivity contribution in [2.75, 3.05) is 59.2 Å². The molecule has 0 aromatic rings. The van der Waals surface area contributed by atoms with Gasteiger partial charge < -0.3 is 9.64 Å². The van der Waals surface area contributed by atoms with Gasteiger partial charge in [-0.15, -0.1) is 0 Å². The van der Waals surface area contributed by atoms with Crippen molar-refractivity contribution in [2.45, 2.75) is 24.7 Å². The first kappa shape index (κ1) is 17.6. The molecule has 114 valence electrons. The molecule has 1 aliphatic heterocycles. The third-order valence-electron chi connectivity index (χ3n) is 3.27. The third kappa shape index (κ3) is 8.42. The van der Waals surface area contributed by atoms with Gasteiger partial charge in [0.05, 0.1) is 12.7 Å². The summed E-state index contributed by atoms with van der Waals surface area (Å²) in [5.41, 5.74) is 0. The van der Waals surface area contributed by atoms with Crippen LogP contribution >= 0.6 is 24.6 Å². The summed E-state index contributed by atoms with van der Waals surface area (Å²) in [6.45, 7) is 9.46. The molecule has 4 nitrogen and oxygen atoms in total. The van der Waals surface area contributed by atoms with Crippen molar-refractivity contribution < 1.29 is 4.74 Å². The molecular weight excluding hydrogens is 278 g/mol. The molecule has 1 heterocycles. The summed E-state index contributed by atoms with van der Waals surface area (Å²) in [5.74, 6) is 0. The molecule has 1 saturated heterocycles. The monoisotopic (exact) mass is 307 g/mol. The van der Waals surface area contributed by atoms with Gasteiger partial charge in [0.2, 0.25) is 0 Å². The normalized spacial score (nSPS) is 22.9. The Bertz CT molecular complexity index is 232. The van der Waals surface area contributed by atoms with Crippen molar-refractivity contribution in [1.82, 2.24) is 14.5 Å². The number of morpholine rings is 1. The highest BCUT2D eigenvalue weighted by molar-refractivity contribution is 7.96. The fourth-order valence-electron chi connectivity index (χ4n) is 2.39. The Morgan fingerprint density at radius 3 is 3.05 bits per heavy atom. The summed E-state index contributed by atoms with van der Waals surface area (Å²) in [4.78, 5) is 4.89. The Labute approximate surface area is 128 Å². The molecule has 0 spiro atoms. The second-order valence-electron chi connectivity index (χ2n) is 5.31. The molecule has 0 aliphatic carbocycles. The summed E-state index contributed by atoms with van der Waals surface area (Å²) in [6, 6.07) is 0. The molecule has 19 heavy (non-hydrogen) atoms. The Morgan fingerprint density at radius 1 is 1.58 bits per heavy atom. The van der Waals surface area contributed by atoms with Crippen LogP contribution in [0.5, 0.6) is 0 Å². The van der Waals surface area contributed by atoms with Crippen molar-refractivity contribution >= 4 is 24.6 Å². The van der Waals surface area contributed by atoms with E-state index in [-0.39, 0.29) is 0 Å². The lowest BCUT2D eigenvalue weighted by Gasteiger charge is -2.33. The van der Waals surface area contributed by atoms with Crippen molar-refractivity contribution in [3.05, 3.63) is 0 Å². The maximum Gasteiger partial charge on any atom is 0.0836 e. The molecule has 0 bridgehead atoms. The summed E-state index contributed by atoms with van der Waals surface area (Å²) in [5, 5.41) is 0.454. The minimum atomic E-state index is 0.344. The second-order valence-corrected chi connectivity index (χ2v) is 6.89. The molecule has 1 N–H and O–H groups in total. The first-order chi connectivity index (χ1) is 9.11. The van der Waals surface area contributed by atoms with Gasteiger partial charge in [-0.05, 0) is 32.8 Å². The Morgan fingerprint density at radius 2 is 2.37 bits per heavy atom. The van der Waals surface area contributed by atoms with Gasteiger partial charge in [-0.3, -0.25) is 9.62 Å². The van der Waals surface area contributed by atoms with E-state index in [1.807, 2.05) is 0 Å². The fraction of sp³-hybridized carbons (Fsp3) is 1.00. The largest absolute Gasteiger partial charge is 0.374 e. The summed E-state index contributed by atoms with van der Waals surface area (Å²) in [7, 11) is 2.18. The molecule has 0 saturated carbocycles. The third-order valence-corrected chi connectivity index (χ3v) is 3.89. The summed E-state index contributed by atoms with van der Waals surface area (Å²) >= 11 is 6.09. The van der Waals surface area contributed by atoms with Crippen LogP contribution < -0.4 is 4.72 Å². The van der Waals surface area contributed by atoms with Gasteiger partial charge in [0.1, 0.15) is 0 Å². The van der Waals surface area contributed by atoms with E-state index >= 15 is 0 Å². The lowest BCUT2D eigenvalue weighted by Crippen LogP contribution is -2.46. The Balaban J connectivity index is 2.11. The van der Waals surface area contributed by atoms with Crippen LogP contribution in [0.4, 0.5) is 0 Å². The molecule has 0 radical (unpaired) electrons. The molecule has 1 unspecified atom stereocenters. The van der Waals surface area contributed by atoms with Gasteiger partial charge in [-0.1, -0.05) is 18.9 Å². The Hall–Kier alpha value is 0.540. The number of nitrogens with zero attached hydrogens (tertiary/aromatic N) is 2. The van der Waals surface area contributed by atoms with E-state index in [1.54, 1.807) is 11.9 Å². The maximum absolute atomic E-state index is 5.75. The Kier molecular flexibility index (Phi) is 9.53. The molecule has 0 aromatic heterocycles. The number of thiol groups is 1. The standard InChI is InChI=1S/C13H29N3OS2/c1-12(18)10-15(2)5-4-6-16-7-8-17-13(11-16)9-14-19-3/h12-14,18H,4-11H2,1-3H3/t12?,13-/m0/s1. The highest BCUT2D eigenvalue weighted by atomic mass is 32.2. The number of hydrogen-bond donors (Lipinski definition) is 2. The zero-order chi connectivity index (χ0) is 14.1. The molecule has 1 rings (SSSR count). The highest BCUT2D eigenvalue weighted by Crippen LogP contribution is 2.06. The van der Waals surface area contributed by atoms with Gasteiger partial charge in [0.25, 0.3) is 0 Å². The van der Waals surface area contributed by atoms with E-state index < -0.39 is 0 Å². The summed E-state index contributed by atoms with van der Waals surface area (Å²) in [6.07, 6.45) is 3.62. The molecular formula is C13H29N3OS2. The average molecular weight is 308 g/mol. The highest BCUT2D eigenvalue weighted by Gasteiger charge is 2.19. The maximum atomic E-state index is 5.75. The predicted molar refractivity (Wildman–Crippen MR) is 88.3 cm³/mol. The predicted octanol–water partition coefficient (Wildman–Crippen LogP) is 1.20. The van der Waals surface area contributed by atoms with E-state index in [1.165, 1.54) is 13.0 Å². The first-order valence-electron chi connectivity index (χ1n) is 7.08. The second kappa shape index (κ2) is 10.3. The van der Waals surface area contributed by atoms with E-state index in [2.05, 4.69) is 47.4 Å². The van der Waals surface area contributed by atoms with Crippen LogP contribution in [0.2, 0.25) is 0 Å². The summed E-state index contributed by atoms with van der Waals surface area (Å²) < 4.78 is 9.04. The van der Waals surface area contributed by atoms with Crippen LogP contribution in [0.15, 0.2) is 0 Å². The van der Waals surface area contributed by atoms with Crippen molar-refractivity contribution in [2.24, 2.45) is 0 Å². The van der Waals surface area contributed by atoms with Crippen molar-refractivity contribution in [3.63, 3.8) is 0 Å². The SMILES string of the molecule is CSNC[C@H]1CN(CCCN(C)CC(C)S)CCO1. The van der Waals surface area contributed by atoms with Gasteiger partial charge >= 0.3 is 0 Å². The zero-order valence-electron chi connectivity index (χ0n) is 12.5. The quantitative estimate of drug-likeness (QED) is 0.493. The molecule has 0 aromatic carbocycles. The van der Waals surface area contributed by atoms with E-state index in [4.69, 9.17) is 4.74 Å². The minimum absolute atomic E-state index is 0.344.